The third-order valence-electron chi connectivity index (χ3n) is 6.48. The number of aromatic nitrogens is 1. The van der Waals surface area contributed by atoms with Gasteiger partial charge in [-0.05, 0) is 62.3 Å². The molecule has 2 aliphatic carbocycles. The van der Waals surface area contributed by atoms with Crippen LogP contribution in [0.5, 0.6) is 0 Å². The van der Waals surface area contributed by atoms with Gasteiger partial charge in [-0.2, -0.15) is 5.10 Å². The standard InChI is InChI=1S/C22H23Cl2N5O2/c23-14-3-6-17-19(10-14)26-11-20-28(21(17)22(30)31)12-27-29(20)16-4-1-13(2-5-16)18-9-15(24)7-8-25-18/h7-13,16,21,26H,1-6H2,(H,30,31). The highest BCUT2D eigenvalue weighted by molar-refractivity contribution is 6.30. The van der Waals surface area contributed by atoms with E-state index in [0.29, 0.717) is 23.8 Å². The predicted octanol–water partition coefficient (Wildman–Crippen LogP) is 4.35. The van der Waals surface area contributed by atoms with Crippen LogP contribution in [0.1, 0.15) is 50.1 Å². The Morgan fingerprint density at radius 2 is 2.00 bits per heavy atom. The summed E-state index contributed by atoms with van der Waals surface area (Å²) < 4.78 is 0. The van der Waals surface area contributed by atoms with Crippen LogP contribution in [0.15, 0.2) is 57.8 Å². The van der Waals surface area contributed by atoms with Crippen LogP contribution in [0.3, 0.4) is 0 Å². The summed E-state index contributed by atoms with van der Waals surface area (Å²) in [6.45, 7) is 0. The van der Waals surface area contributed by atoms with Gasteiger partial charge in [-0.3, -0.25) is 9.88 Å². The lowest BCUT2D eigenvalue weighted by Crippen LogP contribution is -2.43. The van der Waals surface area contributed by atoms with Crippen molar-refractivity contribution in [1.82, 2.24) is 20.2 Å². The number of carboxylic acids is 1. The molecule has 0 amide bonds. The number of carboxylic acid groups (broad SMARTS) is 1. The number of hydrogen-bond acceptors (Lipinski definition) is 6. The Bertz CT molecular complexity index is 1030. The fraction of sp³-hybridized carbons (Fsp3) is 0.409. The van der Waals surface area contributed by atoms with Crippen LogP contribution in [0.4, 0.5) is 0 Å². The summed E-state index contributed by atoms with van der Waals surface area (Å²) in [6.07, 6.45) is 12.2. The number of pyridine rings is 1. The molecule has 0 bridgehead atoms. The van der Waals surface area contributed by atoms with E-state index in [1.54, 1.807) is 23.5 Å². The van der Waals surface area contributed by atoms with Crippen molar-refractivity contribution in [2.75, 3.05) is 0 Å². The van der Waals surface area contributed by atoms with Crippen molar-refractivity contribution < 1.29 is 9.90 Å². The third kappa shape index (κ3) is 3.81. The van der Waals surface area contributed by atoms with E-state index in [0.717, 1.165) is 53.5 Å². The average Bonchev–Trinajstić information content (AvgIpc) is 3.09. The SMILES string of the molecule is O=C(O)C1C2=C(C=C(Cl)CC2)NC=C2N1C=NN2C1CCC(c2cc(Cl)ccn2)CC1. The van der Waals surface area contributed by atoms with E-state index in [1.165, 1.54) is 0 Å². The number of aliphatic carboxylic acids is 1. The normalized spacial score (nSPS) is 27.7. The topological polar surface area (TPSA) is 81.1 Å². The number of hydrazone groups is 1. The van der Waals surface area contributed by atoms with Gasteiger partial charge in [-0.1, -0.05) is 23.2 Å². The first kappa shape index (κ1) is 20.4. The molecule has 1 fully saturated rings. The molecule has 0 saturated heterocycles. The molecule has 1 atom stereocenters. The fourth-order valence-electron chi connectivity index (χ4n) is 4.94. The molecule has 0 spiro atoms. The van der Waals surface area contributed by atoms with Crippen molar-refractivity contribution in [3.63, 3.8) is 0 Å². The van der Waals surface area contributed by atoms with Gasteiger partial charge in [0.1, 0.15) is 12.2 Å². The molecule has 4 aliphatic rings. The van der Waals surface area contributed by atoms with Gasteiger partial charge < -0.3 is 10.4 Å². The molecule has 3 heterocycles. The van der Waals surface area contributed by atoms with Crippen LogP contribution in [-0.4, -0.2) is 44.4 Å². The fourth-order valence-corrected chi connectivity index (χ4v) is 5.31. The molecule has 0 aromatic carbocycles. The molecule has 1 aromatic heterocycles. The van der Waals surface area contributed by atoms with E-state index < -0.39 is 12.0 Å². The van der Waals surface area contributed by atoms with E-state index in [9.17, 15) is 9.90 Å². The zero-order valence-electron chi connectivity index (χ0n) is 16.8. The number of halogens is 2. The quantitative estimate of drug-likeness (QED) is 0.698. The first-order valence-corrected chi connectivity index (χ1v) is 11.3. The Hall–Kier alpha value is -2.51. The monoisotopic (exact) mass is 459 g/mol. The molecule has 31 heavy (non-hydrogen) atoms. The molecule has 1 aromatic rings. The zero-order chi connectivity index (χ0) is 21.5. The molecular formula is C22H23Cl2N5O2. The van der Waals surface area contributed by atoms with Crippen molar-refractivity contribution in [3.8, 4) is 0 Å². The van der Waals surface area contributed by atoms with Gasteiger partial charge in [0.05, 0.1) is 6.04 Å². The molecule has 2 N–H and O–H groups in total. The summed E-state index contributed by atoms with van der Waals surface area (Å²) in [6, 6.07) is 3.16. The number of allylic oxidation sites excluding steroid dienone is 2. The highest BCUT2D eigenvalue weighted by Gasteiger charge is 2.41. The number of fused-ring (bicyclic) bond motifs is 1. The molecule has 1 saturated carbocycles. The van der Waals surface area contributed by atoms with Crippen LogP contribution in [-0.2, 0) is 4.79 Å². The maximum atomic E-state index is 12.2. The Morgan fingerprint density at radius 1 is 1.19 bits per heavy atom. The van der Waals surface area contributed by atoms with E-state index in [4.69, 9.17) is 23.2 Å². The first-order chi connectivity index (χ1) is 15.0. The lowest BCUT2D eigenvalue weighted by Gasteiger charge is -2.35. The van der Waals surface area contributed by atoms with E-state index in [2.05, 4.69) is 15.4 Å². The van der Waals surface area contributed by atoms with E-state index >= 15 is 0 Å². The average molecular weight is 460 g/mol. The second-order valence-electron chi connectivity index (χ2n) is 8.30. The summed E-state index contributed by atoms with van der Waals surface area (Å²) in [7, 11) is 0. The maximum absolute atomic E-state index is 12.2. The zero-order valence-corrected chi connectivity index (χ0v) is 18.4. The summed E-state index contributed by atoms with van der Waals surface area (Å²) in [5, 5.41) is 21.3. The maximum Gasteiger partial charge on any atom is 0.331 e. The highest BCUT2D eigenvalue weighted by atomic mass is 35.5. The van der Waals surface area contributed by atoms with E-state index in [1.807, 2.05) is 23.4 Å². The van der Waals surface area contributed by atoms with Crippen molar-refractivity contribution in [1.29, 1.82) is 0 Å². The summed E-state index contributed by atoms with van der Waals surface area (Å²) in [5.41, 5.74) is 2.64. The number of carbonyl (C=O) groups is 1. The Labute approximate surface area is 190 Å². The van der Waals surface area contributed by atoms with Gasteiger partial charge in [0.15, 0.2) is 6.04 Å². The van der Waals surface area contributed by atoms with Gasteiger partial charge in [0, 0.05) is 39.8 Å². The lowest BCUT2D eigenvalue weighted by molar-refractivity contribution is -0.140. The lowest BCUT2D eigenvalue weighted by atomic mass is 9.83. The Kier molecular flexibility index (Phi) is 5.40. The van der Waals surface area contributed by atoms with Gasteiger partial charge in [-0.15, -0.1) is 0 Å². The van der Waals surface area contributed by atoms with Crippen molar-refractivity contribution >= 4 is 35.5 Å². The van der Waals surface area contributed by atoms with Crippen molar-refractivity contribution in [2.45, 2.75) is 56.5 Å². The molecule has 2 aliphatic heterocycles. The van der Waals surface area contributed by atoms with Gasteiger partial charge in [0.25, 0.3) is 0 Å². The molecule has 5 rings (SSSR count). The number of nitrogens with one attached hydrogen (secondary N) is 1. The first-order valence-electron chi connectivity index (χ1n) is 10.5. The molecule has 162 valence electrons. The second-order valence-corrected chi connectivity index (χ2v) is 9.23. The van der Waals surface area contributed by atoms with Gasteiger partial charge in [0.2, 0.25) is 0 Å². The minimum atomic E-state index is -0.891. The summed E-state index contributed by atoms with van der Waals surface area (Å²) in [5.74, 6) is 0.250. The summed E-state index contributed by atoms with van der Waals surface area (Å²) in [4.78, 5) is 18.5. The van der Waals surface area contributed by atoms with Gasteiger partial charge in [-0.25, -0.2) is 9.80 Å². The van der Waals surface area contributed by atoms with Crippen molar-refractivity contribution in [2.24, 2.45) is 5.10 Å². The largest absolute Gasteiger partial charge is 0.479 e. The second kappa shape index (κ2) is 8.20. The Morgan fingerprint density at radius 3 is 2.74 bits per heavy atom. The van der Waals surface area contributed by atoms with Crippen molar-refractivity contribution in [3.05, 3.63) is 63.4 Å². The molecule has 1 unspecified atom stereocenters. The molecule has 9 heteroatoms. The smallest absolute Gasteiger partial charge is 0.331 e. The molecule has 0 radical (unpaired) electrons. The van der Waals surface area contributed by atoms with Crippen LogP contribution < -0.4 is 5.32 Å². The van der Waals surface area contributed by atoms with Crippen LogP contribution in [0.2, 0.25) is 5.02 Å². The molecule has 7 nitrogen and oxygen atoms in total. The van der Waals surface area contributed by atoms with E-state index in [-0.39, 0.29) is 6.04 Å². The number of hydrogen-bond donors (Lipinski definition) is 2. The highest BCUT2D eigenvalue weighted by Crippen LogP contribution is 2.39. The van der Waals surface area contributed by atoms with Crippen LogP contribution >= 0.6 is 23.2 Å². The third-order valence-corrected chi connectivity index (χ3v) is 7.02. The van der Waals surface area contributed by atoms with Crippen LogP contribution in [0, 0.1) is 0 Å². The summed E-state index contributed by atoms with van der Waals surface area (Å²) >= 11 is 12.4. The Balaban J connectivity index is 1.34. The molecular weight excluding hydrogens is 437 g/mol. The number of rotatable bonds is 3. The van der Waals surface area contributed by atoms with Crippen LogP contribution in [0.25, 0.3) is 0 Å². The van der Waals surface area contributed by atoms with Gasteiger partial charge >= 0.3 is 5.97 Å². The predicted molar refractivity (Wildman–Crippen MR) is 119 cm³/mol. The number of nitrogens with zero attached hydrogens (tertiary/aromatic N) is 4. The minimum Gasteiger partial charge on any atom is -0.479 e. The minimum absolute atomic E-state index is 0.202.